The van der Waals surface area contributed by atoms with Crippen molar-refractivity contribution in [2.45, 2.75) is 32.7 Å². The van der Waals surface area contributed by atoms with E-state index >= 15 is 0 Å². The Morgan fingerprint density at radius 1 is 0.903 bits per heavy atom. The van der Waals surface area contributed by atoms with Gasteiger partial charge in [-0.3, -0.25) is 4.79 Å². The van der Waals surface area contributed by atoms with Crippen molar-refractivity contribution in [3.63, 3.8) is 0 Å². The van der Waals surface area contributed by atoms with Crippen LogP contribution in [0, 0.1) is 0 Å². The molecule has 1 saturated heterocycles. The molecule has 0 N–H and O–H groups in total. The van der Waals surface area contributed by atoms with E-state index in [-0.39, 0.29) is 5.78 Å². The third kappa shape index (κ3) is 5.65. The van der Waals surface area contributed by atoms with Crippen LogP contribution in [-0.4, -0.2) is 59.4 Å². The number of fused-ring (bicyclic) bond motifs is 1. The molecular weight excluding hydrogens is 450 g/mol. The molecule has 0 bridgehead atoms. The van der Waals surface area contributed by atoms with Crippen LogP contribution in [0.25, 0.3) is 10.9 Å². The highest BCUT2D eigenvalue weighted by Gasteiger charge is 2.16. The average molecular weight is 482 g/mol. The van der Waals surface area contributed by atoms with Gasteiger partial charge in [0.25, 0.3) is 0 Å². The van der Waals surface area contributed by atoms with Crippen LogP contribution < -0.4 is 0 Å². The fourth-order valence-electron chi connectivity index (χ4n) is 4.64. The van der Waals surface area contributed by atoms with E-state index in [1.54, 1.807) is 6.92 Å². The molecule has 1 aromatic heterocycles. The first-order valence-electron chi connectivity index (χ1n) is 11.4. The molecule has 2 heterocycles. The van der Waals surface area contributed by atoms with E-state index in [2.05, 4.69) is 66.7 Å². The van der Waals surface area contributed by atoms with E-state index in [1.807, 2.05) is 18.3 Å². The summed E-state index contributed by atoms with van der Waals surface area (Å²) in [4.78, 5) is 17.3. The molecule has 0 unspecified atom stereocenters. The molecule has 2 aromatic carbocycles. The van der Waals surface area contributed by atoms with Gasteiger partial charge in [-0.25, -0.2) is 0 Å². The fraction of sp³-hybridized carbons (Fsp3) is 0.423. The van der Waals surface area contributed by atoms with Crippen molar-refractivity contribution in [2.75, 3.05) is 39.3 Å². The third-order valence-corrected chi connectivity index (χ3v) is 6.98. The first-order valence-corrected chi connectivity index (χ1v) is 12.2. The maximum atomic E-state index is 12.1. The number of aryl methyl sites for hydroxylation is 1. The zero-order valence-electron chi connectivity index (χ0n) is 18.4. The topological polar surface area (TPSA) is 28.5 Å². The average Bonchev–Trinajstić information content (AvgIpc) is 3.00. The van der Waals surface area contributed by atoms with Crippen molar-refractivity contribution < 1.29 is 4.79 Å². The van der Waals surface area contributed by atoms with Crippen molar-refractivity contribution in [2.24, 2.45) is 0 Å². The molecule has 4 nitrogen and oxygen atoms in total. The Kier molecular flexibility index (Phi) is 7.59. The molecule has 0 radical (unpaired) electrons. The van der Waals surface area contributed by atoms with Gasteiger partial charge >= 0.3 is 0 Å². The number of halogens is 1. The normalized spacial score (nSPS) is 15.9. The molecule has 164 valence electrons. The molecule has 0 aliphatic carbocycles. The van der Waals surface area contributed by atoms with E-state index in [1.165, 1.54) is 25.1 Å². The molecule has 0 amide bonds. The summed E-state index contributed by atoms with van der Waals surface area (Å²) in [5, 5.41) is 1.05. The van der Waals surface area contributed by atoms with Crippen LogP contribution in [0.2, 0.25) is 0 Å². The highest BCUT2D eigenvalue weighted by atomic mass is 79.9. The van der Waals surface area contributed by atoms with Gasteiger partial charge in [0.05, 0.1) is 5.52 Å². The summed E-state index contributed by atoms with van der Waals surface area (Å²) in [5.41, 5.74) is 3.38. The minimum atomic E-state index is 0.130. The van der Waals surface area contributed by atoms with Gasteiger partial charge in [-0.1, -0.05) is 42.5 Å². The predicted molar refractivity (Wildman–Crippen MR) is 132 cm³/mol. The lowest BCUT2D eigenvalue weighted by Gasteiger charge is -2.22. The van der Waals surface area contributed by atoms with Gasteiger partial charge in [0, 0.05) is 47.8 Å². The number of hydrogen-bond acceptors (Lipinski definition) is 3. The number of benzene rings is 2. The molecule has 3 aromatic rings. The lowest BCUT2D eigenvalue weighted by atomic mass is 10.1. The first-order chi connectivity index (χ1) is 15.1. The molecule has 31 heavy (non-hydrogen) atoms. The van der Waals surface area contributed by atoms with Crippen molar-refractivity contribution in [3.8, 4) is 0 Å². The smallest absolute Gasteiger partial charge is 0.161 e. The zero-order chi connectivity index (χ0) is 21.6. The molecule has 0 spiro atoms. The Labute approximate surface area is 194 Å². The van der Waals surface area contributed by atoms with Crippen molar-refractivity contribution in [1.82, 2.24) is 14.4 Å². The Morgan fingerprint density at radius 3 is 2.39 bits per heavy atom. The van der Waals surface area contributed by atoms with E-state index in [0.717, 1.165) is 66.5 Å². The number of ketones is 1. The molecule has 4 rings (SSSR count). The van der Waals surface area contributed by atoms with Crippen molar-refractivity contribution in [3.05, 3.63) is 70.3 Å². The number of para-hydroxylation sites is 1. The highest BCUT2D eigenvalue weighted by Crippen LogP contribution is 2.29. The minimum absolute atomic E-state index is 0.130. The van der Waals surface area contributed by atoms with Gasteiger partial charge in [-0.2, -0.15) is 0 Å². The Hall–Kier alpha value is -1.95. The molecular formula is C26H32BrN3O. The third-order valence-electron chi connectivity index (χ3n) is 6.34. The van der Waals surface area contributed by atoms with Crippen LogP contribution in [0.15, 0.2) is 59.2 Å². The summed E-state index contributed by atoms with van der Waals surface area (Å²) in [5.74, 6) is 0.130. The van der Waals surface area contributed by atoms with Gasteiger partial charge in [0.1, 0.15) is 0 Å². The van der Waals surface area contributed by atoms with Crippen LogP contribution in [0.4, 0.5) is 0 Å². The standard InChI is InChI=1S/C26H32BrN3O/c1-21(31)24-20-30(26-23(24)10-5-11-25(26)27)16-7-15-28-13-6-14-29(19-18-28)17-12-22-8-3-2-4-9-22/h2-5,8-11,20H,6-7,12-19H2,1H3. The van der Waals surface area contributed by atoms with Crippen LogP contribution in [0.1, 0.15) is 35.7 Å². The number of carbonyl (C=O) groups is 1. The molecule has 0 saturated carbocycles. The van der Waals surface area contributed by atoms with Crippen LogP contribution in [-0.2, 0) is 13.0 Å². The maximum Gasteiger partial charge on any atom is 0.161 e. The van der Waals surface area contributed by atoms with Crippen LogP contribution in [0.3, 0.4) is 0 Å². The number of aromatic nitrogens is 1. The van der Waals surface area contributed by atoms with Gasteiger partial charge < -0.3 is 14.4 Å². The molecule has 1 fully saturated rings. The Morgan fingerprint density at radius 2 is 1.65 bits per heavy atom. The SMILES string of the molecule is CC(=O)c1cn(CCCN2CCCN(CCc3ccccc3)CC2)c2c(Br)cccc12. The second-order valence-electron chi connectivity index (χ2n) is 8.55. The Bertz CT molecular complexity index is 1010. The largest absolute Gasteiger partial charge is 0.346 e. The second-order valence-corrected chi connectivity index (χ2v) is 9.41. The van der Waals surface area contributed by atoms with E-state index < -0.39 is 0 Å². The van der Waals surface area contributed by atoms with E-state index in [4.69, 9.17) is 0 Å². The maximum absolute atomic E-state index is 12.1. The predicted octanol–water partition coefficient (Wildman–Crippen LogP) is 5.25. The zero-order valence-corrected chi connectivity index (χ0v) is 20.0. The number of Topliss-reactive ketones (excluding diaryl/α,β-unsaturated/α-hetero) is 1. The van der Waals surface area contributed by atoms with Gasteiger partial charge in [0.2, 0.25) is 0 Å². The van der Waals surface area contributed by atoms with E-state index in [0.29, 0.717) is 0 Å². The van der Waals surface area contributed by atoms with Gasteiger partial charge in [-0.05, 0) is 73.4 Å². The Balaban J connectivity index is 1.29. The summed E-state index contributed by atoms with van der Waals surface area (Å²) in [7, 11) is 0. The van der Waals surface area contributed by atoms with Gasteiger partial charge in [0.15, 0.2) is 5.78 Å². The number of rotatable bonds is 8. The monoisotopic (exact) mass is 481 g/mol. The van der Waals surface area contributed by atoms with E-state index in [9.17, 15) is 4.79 Å². The minimum Gasteiger partial charge on any atom is -0.346 e. The number of nitrogens with zero attached hydrogens (tertiary/aromatic N) is 3. The second kappa shape index (κ2) is 10.6. The fourth-order valence-corrected chi connectivity index (χ4v) is 5.23. The number of carbonyl (C=O) groups excluding carboxylic acids is 1. The number of hydrogen-bond donors (Lipinski definition) is 0. The summed E-state index contributed by atoms with van der Waals surface area (Å²) in [6.45, 7) is 9.50. The lowest BCUT2D eigenvalue weighted by molar-refractivity contribution is 0.101. The van der Waals surface area contributed by atoms with Crippen LogP contribution >= 0.6 is 15.9 Å². The summed E-state index contributed by atoms with van der Waals surface area (Å²) < 4.78 is 3.31. The van der Waals surface area contributed by atoms with Gasteiger partial charge in [-0.15, -0.1) is 0 Å². The first kappa shape index (κ1) is 22.3. The van der Waals surface area contributed by atoms with Crippen LogP contribution in [0.5, 0.6) is 0 Å². The van der Waals surface area contributed by atoms with Crippen molar-refractivity contribution in [1.29, 1.82) is 0 Å². The molecule has 1 aliphatic rings. The molecule has 0 atom stereocenters. The molecule has 5 heteroatoms. The quantitative estimate of drug-likeness (QED) is 0.411. The summed E-state index contributed by atoms with van der Waals surface area (Å²) in [6, 6.07) is 16.9. The lowest BCUT2D eigenvalue weighted by Crippen LogP contribution is -2.32. The highest BCUT2D eigenvalue weighted by molar-refractivity contribution is 9.10. The molecule has 1 aliphatic heterocycles. The summed E-state index contributed by atoms with van der Waals surface area (Å²) in [6.07, 6.45) is 5.49. The summed E-state index contributed by atoms with van der Waals surface area (Å²) >= 11 is 3.68. The van der Waals surface area contributed by atoms with Crippen molar-refractivity contribution >= 4 is 32.6 Å².